The Balaban J connectivity index is 2.14. The van der Waals surface area contributed by atoms with Gasteiger partial charge in [-0.15, -0.1) is 0 Å². The van der Waals surface area contributed by atoms with Crippen LogP contribution in [-0.2, 0) is 17.8 Å². The summed E-state index contributed by atoms with van der Waals surface area (Å²) in [4.78, 5) is 25.1. The van der Waals surface area contributed by atoms with Gasteiger partial charge in [-0.2, -0.15) is 0 Å². The van der Waals surface area contributed by atoms with Gasteiger partial charge in [0.05, 0.1) is 5.56 Å². The van der Waals surface area contributed by atoms with E-state index in [1.165, 1.54) is 0 Å². The molecular weight excluding hydrogens is 256 g/mol. The normalized spacial score (nSPS) is 15.6. The van der Waals surface area contributed by atoms with Crippen LogP contribution in [0.5, 0.6) is 0 Å². The molecule has 1 aliphatic heterocycles. The van der Waals surface area contributed by atoms with Gasteiger partial charge in [0.1, 0.15) is 0 Å². The molecule has 0 spiro atoms. The monoisotopic (exact) mass is 276 g/mol. The predicted octanol–water partition coefficient (Wildman–Crippen LogP) is 1.40. The van der Waals surface area contributed by atoms with Crippen LogP contribution in [0.3, 0.4) is 0 Å². The summed E-state index contributed by atoms with van der Waals surface area (Å²) in [7, 11) is 0. The number of carbonyl (C=O) groups excluding carboxylic acids is 1. The van der Waals surface area contributed by atoms with Crippen molar-refractivity contribution in [3.8, 4) is 0 Å². The fraction of sp³-hybridized carbons (Fsp3) is 0.467. The Morgan fingerprint density at radius 1 is 1.45 bits per heavy atom. The Bertz CT molecular complexity index is 528. The molecule has 0 radical (unpaired) electrons. The Morgan fingerprint density at radius 2 is 2.20 bits per heavy atom. The third-order valence-electron chi connectivity index (χ3n) is 3.81. The highest BCUT2D eigenvalue weighted by Gasteiger charge is 2.24. The molecule has 0 saturated carbocycles. The lowest BCUT2D eigenvalue weighted by Crippen LogP contribution is -2.39. The second-order valence-corrected chi connectivity index (χ2v) is 5.19. The molecule has 1 heterocycles. The summed E-state index contributed by atoms with van der Waals surface area (Å²) in [6, 6.07) is 5.13. The Hall–Kier alpha value is -1.88. The molecule has 0 fully saturated rings. The van der Waals surface area contributed by atoms with Gasteiger partial charge >= 0.3 is 5.97 Å². The number of carboxylic acid groups (broad SMARTS) is 1. The summed E-state index contributed by atoms with van der Waals surface area (Å²) in [5.41, 5.74) is 7.94. The highest BCUT2D eigenvalue weighted by Crippen LogP contribution is 2.23. The number of nitrogens with zero attached hydrogens (tertiary/aromatic N) is 1. The molecule has 1 atom stereocenters. The van der Waals surface area contributed by atoms with Crippen molar-refractivity contribution in [2.45, 2.75) is 38.8 Å². The molecule has 1 unspecified atom stereocenters. The van der Waals surface area contributed by atoms with Crippen molar-refractivity contribution < 1.29 is 14.7 Å². The molecule has 1 aromatic rings. The van der Waals surface area contributed by atoms with Crippen LogP contribution < -0.4 is 5.73 Å². The van der Waals surface area contributed by atoms with E-state index in [-0.39, 0.29) is 11.9 Å². The van der Waals surface area contributed by atoms with Crippen LogP contribution in [0.1, 0.15) is 41.3 Å². The minimum absolute atomic E-state index is 0.0470. The zero-order chi connectivity index (χ0) is 14.7. The zero-order valence-electron chi connectivity index (χ0n) is 11.6. The smallest absolute Gasteiger partial charge is 0.335 e. The first kappa shape index (κ1) is 14.5. The number of nitrogens with two attached hydrogens (primary N) is 1. The molecule has 0 bridgehead atoms. The third kappa shape index (κ3) is 2.99. The van der Waals surface area contributed by atoms with Crippen LogP contribution in [0.2, 0.25) is 0 Å². The van der Waals surface area contributed by atoms with E-state index in [1.807, 2.05) is 13.0 Å². The second kappa shape index (κ2) is 6.05. The maximum Gasteiger partial charge on any atom is 0.335 e. The van der Waals surface area contributed by atoms with Crippen molar-refractivity contribution in [3.63, 3.8) is 0 Å². The third-order valence-corrected chi connectivity index (χ3v) is 3.81. The minimum atomic E-state index is -0.908. The van der Waals surface area contributed by atoms with E-state index >= 15 is 0 Å². The van der Waals surface area contributed by atoms with Crippen LogP contribution in [0.15, 0.2) is 18.2 Å². The predicted molar refractivity (Wildman–Crippen MR) is 75.4 cm³/mol. The van der Waals surface area contributed by atoms with Crippen molar-refractivity contribution in [2.24, 2.45) is 5.73 Å². The molecule has 1 aromatic carbocycles. The van der Waals surface area contributed by atoms with Gasteiger partial charge in [0.25, 0.3) is 0 Å². The lowest BCUT2D eigenvalue weighted by molar-refractivity contribution is -0.132. The molecule has 1 aliphatic rings. The summed E-state index contributed by atoms with van der Waals surface area (Å²) in [6.45, 7) is 3.00. The van der Waals surface area contributed by atoms with Gasteiger partial charge in [0, 0.05) is 25.6 Å². The van der Waals surface area contributed by atoms with E-state index in [4.69, 9.17) is 10.8 Å². The number of amides is 1. The number of aromatic carboxylic acids is 1. The molecular formula is C15H20N2O3. The summed E-state index contributed by atoms with van der Waals surface area (Å²) in [5.74, 6) is -0.861. The van der Waals surface area contributed by atoms with Gasteiger partial charge in [-0.3, -0.25) is 4.79 Å². The Labute approximate surface area is 118 Å². The van der Waals surface area contributed by atoms with Gasteiger partial charge in [-0.1, -0.05) is 19.1 Å². The van der Waals surface area contributed by atoms with Gasteiger partial charge in [-0.05, 0) is 30.0 Å². The molecule has 20 heavy (non-hydrogen) atoms. The number of rotatable bonds is 4. The van der Waals surface area contributed by atoms with E-state index in [1.54, 1.807) is 17.0 Å². The molecule has 108 valence electrons. The fourth-order valence-electron chi connectivity index (χ4n) is 2.52. The lowest BCUT2D eigenvalue weighted by Gasteiger charge is -2.30. The van der Waals surface area contributed by atoms with Crippen LogP contribution in [0.25, 0.3) is 0 Å². The Kier molecular flexibility index (Phi) is 4.39. The maximum absolute atomic E-state index is 12.1. The number of carbonyl (C=O) groups is 2. The van der Waals surface area contributed by atoms with Crippen LogP contribution in [-0.4, -0.2) is 34.5 Å². The molecule has 2 rings (SSSR count). The quantitative estimate of drug-likeness (QED) is 0.870. The average Bonchev–Trinajstić information content (AvgIpc) is 2.45. The van der Waals surface area contributed by atoms with Crippen molar-refractivity contribution in [3.05, 3.63) is 34.9 Å². The maximum atomic E-state index is 12.1. The van der Waals surface area contributed by atoms with Gasteiger partial charge < -0.3 is 15.7 Å². The van der Waals surface area contributed by atoms with Gasteiger partial charge in [0.15, 0.2) is 0 Å². The lowest BCUT2D eigenvalue weighted by atomic mass is 9.94. The van der Waals surface area contributed by atoms with Crippen molar-refractivity contribution in [1.82, 2.24) is 4.90 Å². The molecule has 5 heteroatoms. The largest absolute Gasteiger partial charge is 0.478 e. The average molecular weight is 276 g/mol. The fourth-order valence-corrected chi connectivity index (χ4v) is 2.52. The van der Waals surface area contributed by atoms with E-state index in [9.17, 15) is 9.59 Å². The highest BCUT2D eigenvalue weighted by molar-refractivity contribution is 5.90. The topological polar surface area (TPSA) is 83.6 Å². The van der Waals surface area contributed by atoms with E-state index in [0.717, 1.165) is 17.5 Å². The first-order valence-electron chi connectivity index (χ1n) is 6.90. The number of fused-ring (bicyclic) bond motifs is 1. The number of hydrogen-bond acceptors (Lipinski definition) is 3. The first-order chi connectivity index (χ1) is 9.52. The van der Waals surface area contributed by atoms with Crippen molar-refractivity contribution >= 4 is 11.9 Å². The zero-order valence-corrected chi connectivity index (χ0v) is 11.6. The molecule has 5 nitrogen and oxygen atoms in total. The van der Waals surface area contributed by atoms with Gasteiger partial charge in [0.2, 0.25) is 5.91 Å². The summed E-state index contributed by atoms with van der Waals surface area (Å²) >= 11 is 0. The molecule has 1 amide bonds. The minimum Gasteiger partial charge on any atom is -0.478 e. The molecule has 0 aromatic heterocycles. The second-order valence-electron chi connectivity index (χ2n) is 5.19. The molecule has 0 saturated heterocycles. The van der Waals surface area contributed by atoms with Crippen LogP contribution in [0, 0.1) is 0 Å². The summed E-state index contributed by atoms with van der Waals surface area (Å²) in [5, 5.41) is 9.17. The van der Waals surface area contributed by atoms with E-state index in [0.29, 0.717) is 31.5 Å². The summed E-state index contributed by atoms with van der Waals surface area (Å²) in [6.07, 6.45) is 1.72. The summed E-state index contributed by atoms with van der Waals surface area (Å²) < 4.78 is 0. The van der Waals surface area contributed by atoms with Crippen molar-refractivity contribution in [1.29, 1.82) is 0 Å². The highest BCUT2D eigenvalue weighted by atomic mass is 16.4. The van der Waals surface area contributed by atoms with Crippen LogP contribution >= 0.6 is 0 Å². The number of carboxylic acids is 1. The standard InChI is InChI=1S/C15H20N2O3/c1-2-11(16)8-14(18)17-7-6-12-10(9-17)4-3-5-13(12)15(19)20/h3-5,11H,2,6-9,16H2,1H3,(H,19,20). The number of hydrogen-bond donors (Lipinski definition) is 2. The number of benzene rings is 1. The SMILES string of the molecule is CCC(N)CC(=O)N1CCc2c(cccc2C(=O)O)C1. The molecule has 0 aliphatic carbocycles. The first-order valence-corrected chi connectivity index (χ1v) is 6.90. The molecule has 3 N–H and O–H groups in total. The van der Waals surface area contributed by atoms with E-state index < -0.39 is 5.97 Å². The van der Waals surface area contributed by atoms with E-state index in [2.05, 4.69) is 0 Å². The van der Waals surface area contributed by atoms with Crippen LogP contribution in [0.4, 0.5) is 0 Å². The Morgan fingerprint density at radius 3 is 2.85 bits per heavy atom. The van der Waals surface area contributed by atoms with Crippen molar-refractivity contribution in [2.75, 3.05) is 6.54 Å². The van der Waals surface area contributed by atoms with Gasteiger partial charge in [-0.25, -0.2) is 4.79 Å².